The summed E-state index contributed by atoms with van der Waals surface area (Å²) >= 11 is 0. The van der Waals surface area contributed by atoms with Gasteiger partial charge in [0.2, 0.25) is 0 Å². The van der Waals surface area contributed by atoms with E-state index in [9.17, 15) is 4.79 Å². The van der Waals surface area contributed by atoms with Crippen LogP contribution in [0.4, 0.5) is 10.5 Å². The first-order valence-electron chi connectivity index (χ1n) is 8.52. The van der Waals surface area contributed by atoms with Gasteiger partial charge in [0.15, 0.2) is 5.82 Å². The Labute approximate surface area is 146 Å². The topological polar surface area (TPSA) is 100 Å². The second-order valence-corrected chi connectivity index (χ2v) is 7.22. The lowest BCUT2D eigenvalue weighted by atomic mass is 10.0. The fourth-order valence-corrected chi connectivity index (χ4v) is 2.60. The summed E-state index contributed by atoms with van der Waals surface area (Å²) in [7, 11) is 0. The minimum Gasteiger partial charge on any atom is -0.396 e. The van der Waals surface area contributed by atoms with Crippen molar-refractivity contribution in [2.24, 2.45) is 0 Å². The number of carbonyl (C=O) groups excluding carboxylic acids is 1. The molecule has 1 saturated carbocycles. The zero-order valence-electron chi connectivity index (χ0n) is 14.8. The number of hydrogen-bond donors (Lipinski definition) is 3. The first-order valence-corrected chi connectivity index (χ1v) is 8.52. The van der Waals surface area contributed by atoms with Crippen molar-refractivity contribution in [1.29, 1.82) is 0 Å². The Morgan fingerprint density at radius 1 is 1.40 bits per heavy atom. The maximum Gasteiger partial charge on any atom is 0.319 e. The third kappa shape index (κ3) is 4.36. The molecule has 1 aliphatic rings. The predicted molar refractivity (Wildman–Crippen MR) is 94.4 cm³/mol. The molecule has 1 aromatic heterocycles. The summed E-state index contributed by atoms with van der Waals surface area (Å²) in [5, 5.41) is 18.8. The van der Waals surface area contributed by atoms with Crippen LogP contribution < -0.4 is 10.6 Å². The molecule has 7 nitrogen and oxygen atoms in total. The van der Waals surface area contributed by atoms with Crippen LogP contribution in [0.25, 0.3) is 11.5 Å². The lowest BCUT2D eigenvalue weighted by Gasteiger charge is -2.25. The number of aliphatic hydroxyl groups is 1. The summed E-state index contributed by atoms with van der Waals surface area (Å²) in [5.74, 6) is 1.55. The number of urea groups is 1. The Hall–Kier alpha value is -2.41. The van der Waals surface area contributed by atoms with Crippen molar-refractivity contribution >= 4 is 11.7 Å². The lowest BCUT2D eigenvalue weighted by molar-refractivity contribution is 0.218. The second kappa shape index (κ2) is 6.84. The van der Waals surface area contributed by atoms with Gasteiger partial charge in [0.1, 0.15) is 0 Å². The third-order valence-corrected chi connectivity index (χ3v) is 4.23. The van der Waals surface area contributed by atoms with Crippen molar-refractivity contribution in [3.05, 3.63) is 29.6 Å². The van der Waals surface area contributed by atoms with Gasteiger partial charge in [0.25, 0.3) is 5.89 Å². The van der Waals surface area contributed by atoms with Gasteiger partial charge in [-0.3, -0.25) is 0 Å². The molecule has 1 aromatic carbocycles. The average Bonchev–Trinajstić information content (AvgIpc) is 3.26. The molecule has 2 amide bonds. The van der Waals surface area contributed by atoms with Gasteiger partial charge in [-0.2, -0.15) is 4.98 Å². The van der Waals surface area contributed by atoms with Crippen molar-refractivity contribution in [2.75, 3.05) is 11.9 Å². The molecule has 0 saturated heterocycles. The lowest BCUT2D eigenvalue weighted by Crippen LogP contribution is -2.46. The van der Waals surface area contributed by atoms with Gasteiger partial charge in [-0.15, -0.1) is 0 Å². The van der Waals surface area contributed by atoms with Gasteiger partial charge in [-0.25, -0.2) is 4.79 Å². The molecule has 0 unspecified atom stereocenters. The SMILES string of the molecule is Cc1ccc(NC(=O)NC(C)(C)CCO)c(-c2nc(C3CC3)no2)c1. The van der Waals surface area contributed by atoms with Crippen LogP contribution in [0.3, 0.4) is 0 Å². The first kappa shape index (κ1) is 17.4. The van der Waals surface area contributed by atoms with E-state index in [4.69, 9.17) is 9.63 Å². The molecule has 0 aliphatic heterocycles. The molecule has 1 fully saturated rings. The molecule has 0 radical (unpaired) electrons. The van der Waals surface area contributed by atoms with Crippen LogP contribution >= 0.6 is 0 Å². The number of carbonyl (C=O) groups is 1. The normalized spacial score (nSPS) is 14.4. The van der Waals surface area contributed by atoms with Gasteiger partial charge in [0, 0.05) is 18.1 Å². The first-order chi connectivity index (χ1) is 11.9. The molecule has 3 rings (SSSR count). The Kier molecular flexibility index (Phi) is 4.76. The van der Waals surface area contributed by atoms with Gasteiger partial charge in [-0.1, -0.05) is 16.8 Å². The predicted octanol–water partition coefficient (Wildman–Crippen LogP) is 3.20. The molecule has 1 aliphatic carbocycles. The number of rotatable bonds is 6. The highest BCUT2D eigenvalue weighted by Crippen LogP contribution is 2.39. The Balaban J connectivity index is 1.80. The van der Waals surface area contributed by atoms with Crippen LogP contribution in [0.1, 0.15) is 50.4 Å². The van der Waals surface area contributed by atoms with Crippen LogP contribution in [0, 0.1) is 6.92 Å². The summed E-state index contributed by atoms with van der Waals surface area (Å²) in [5.41, 5.74) is 1.84. The number of aryl methyl sites for hydroxylation is 1. The van der Waals surface area contributed by atoms with Gasteiger partial charge >= 0.3 is 6.03 Å². The monoisotopic (exact) mass is 344 g/mol. The zero-order chi connectivity index (χ0) is 18.0. The van der Waals surface area contributed by atoms with E-state index in [1.165, 1.54) is 0 Å². The van der Waals surface area contributed by atoms with Crippen molar-refractivity contribution in [3.63, 3.8) is 0 Å². The number of amides is 2. The minimum absolute atomic E-state index is 0.00892. The molecular formula is C18H24N4O3. The fourth-order valence-electron chi connectivity index (χ4n) is 2.60. The average molecular weight is 344 g/mol. The molecule has 0 atom stereocenters. The maximum absolute atomic E-state index is 12.3. The van der Waals surface area contributed by atoms with Crippen molar-refractivity contribution < 1.29 is 14.4 Å². The second-order valence-electron chi connectivity index (χ2n) is 7.22. The number of nitrogens with one attached hydrogen (secondary N) is 2. The minimum atomic E-state index is -0.507. The van der Waals surface area contributed by atoms with E-state index in [-0.39, 0.29) is 12.6 Å². The number of anilines is 1. The smallest absolute Gasteiger partial charge is 0.319 e. The summed E-state index contributed by atoms with van der Waals surface area (Å²) in [6.07, 6.45) is 2.66. The van der Waals surface area contributed by atoms with Crippen molar-refractivity contribution in [2.45, 2.75) is 51.5 Å². The third-order valence-electron chi connectivity index (χ3n) is 4.23. The molecule has 2 aromatic rings. The molecular weight excluding hydrogens is 320 g/mol. The van der Waals surface area contributed by atoms with Gasteiger partial charge in [0.05, 0.1) is 11.3 Å². The molecule has 3 N–H and O–H groups in total. The standard InChI is InChI=1S/C18H24N4O3/c1-11-4-7-14(19-17(24)21-18(2,3)8-9-23)13(10-11)16-20-15(22-25-16)12-5-6-12/h4,7,10,12,23H,5-6,8-9H2,1-3H3,(H2,19,21,24). The number of aromatic nitrogens is 2. The fraction of sp³-hybridized carbons (Fsp3) is 0.500. The molecule has 134 valence electrons. The summed E-state index contributed by atoms with van der Waals surface area (Å²) in [6, 6.07) is 5.31. The quantitative estimate of drug-likeness (QED) is 0.747. The molecule has 0 bridgehead atoms. The number of nitrogens with zero attached hydrogens (tertiary/aromatic N) is 2. The summed E-state index contributed by atoms with van der Waals surface area (Å²) in [4.78, 5) is 16.8. The van der Waals surface area contributed by atoms with Crippen LogP contribution in [-0.4, -0.2) is 33.4 Å². The molecule has 0 spiro atoms. The van der Waals surface area contributed by atoms with E-state index in [1.807, 2.05) is 39.0 Å². The largest absolute Gasteiger partial charge is 0.396 e. The van der Waals surface area contributed by atoms with Crippen molar-refractivity contribution in [3.8, 4) is 11.5 Å². The van der Waals surface area contributed by atoms with E-state index in [1.54, 1.807) is 0 Å². The highest BCUT2D eigenvalue weighted by atomic mass is 16.5. The van der Waals surface area contributed by atoms with E-state index in [0.29, 0.717) is 29.5 Å². The summed E-state index contributed by atoms with van der Waals surface area (Å²) < 4.78 is 5.40. The van der Waals surface area contributed by atoms with E-state index in [2.05, 4.69) is 20.8 Å². The van der Waals surface area contributed by atoms with E-state index >= 15 is 0 Å². The Bertz CT molecular complexity index is 765. The number of aliphatic hydroxyl groups excluding tert-OH is 1. The van der Waals surface area contributed by atoms with Crippen LogP contribution in [-0.2, 0) is 0 Å². The van der Waals surface area contributed by atoms with Gasteiger partial charge in [-0.05, 0) is 52.2 Å². The Morgan fingerprint density at radius 3 is 2.84 bits per heavy atom. The summed E-state index contributed by atoms with van der Waals surface area (Å²) in [6.45, 7) is 5.70. The molecule has 7 heteroatoms. The van der Waals surface area contributed by atoms with Crippen LogP contribution in [0.5, 0.6) is 0 Å². The molecule has 1 heterocycles. The van der Waals surface area contributed by atoms with E-state index < -0.39 is 5.54 Å². The maximum atomic E-state index is 12.3. The van der Waals surface area contributed by atoms with Crippen LogP contribution in [0.2, 0.25) is 0 Å². The number of benzene rings is 1. The van der Waals surface area contributed by atoms with Gasteiger partial charge < -0.3 is 20.3 Å². The Morgan fingerprint density at radius 2 is 2.16 bits per heavy atom. The zero-order valence-corrected chi connectivity index (χ0v) is 14.8. The van der Waals surface area contributed by atoms with Crippen molar-refractivity contribution in [1.82, 2.24) is 15.5 Å². The highest BCUT2D eigenvalue weighted by Gasteiger charge is 2.29. The van der Waals surface area contributed by atoms with Crippen LogP contribution in [0.15, 0.2) is 22.7 Å². The highest BCUT2D eigenvalue weighted by molar-refractivity contribution is 5.94. The number of hydrogen-bond acceptors (Lipinski definition) is 5. The molecule has 25 heavy (non-hydrogen) atoms. The van der Waals surface area contributed by atoms with E-state index in [0.717, 1.165) is 24.2 Å².